The average molecular weight is 268 g/mol. The van der Waals surface area contributed by atoms with Crippen LogP contribution in [-0.2, 0) is 4.74 Å². The van der Waals surface area contributed by atoms with Crippen molar-refractivity contribution in [1.82, 2.24) is 0 Å². The molecular formula is C9H17IO. The third-order valence-electron chi connectivity index (χ3n) is 2.42. The van der Waals surface area contributed by atoms with Crippen LogP contribution in [0.15, 0.2) is 0 Å². The zero-order valence-corrected chi connectivity index (χ0v) is 9.34. The van der Waals surface area contributed by atoms with E-state index in [0.717, 1.165) is 3.92 Å². The minimum absolute atomic E-state index is 0.524. The fourth-order valence-corrected chi connectivity index (χ4v) is 2.76. The van der Waals surface area contributed by atoms with Crippen LogP contribution in [0.25, 0.3) is 0 Å². The van der Waals surface area contributed by atoms with Crippen molar-refractivity contribution in [1.29, 1.82) is 0 Å². The highest BCUT2D eigenvalue weighted by Gasteiger charge is 2.18. The molecule has 0 aromatic rings. The first-order valence-corrected chi connectivity index (χ1v) is 5.76. The van der Waals surface area contributed by atoms with E-state index in [2.05, 4.69) is 22.6 Å². The molecule has 0 amide bonds. The largest absolute Gasteiger partial charge is 0.380 e. The molecule has 0 N–H and O–H groups in total. The van der Waals surface area contributed by atoms with Gasteiger partial charge in [0.15, 0.2) is 0 Å². The van der Waals surface area contributed by atoms with Gasteiger partial charge in [-0.15, -0.1) is 0 Å². The number of halogens is 1. The molecular weight excluding hydrogens is 251 g/mol. The van der Waals surface area contributed by atoms with Crippen molar-refractivity contribution in [2.45, 2.75) is 48.6 Å². The van der Waals surface area contributed by atoms with Crippen LogP contribution in [0, 0.1) is 0 Å². The monoisotopic (exact) mass is 268 g/mol. The summed E-state index contributed by atoms with van der Waals surface area (Å²) < 4.78 is 6.18. The van der Waals surface area contributed by atoms with Gasteiger partial charge in [0.1, 0.15) is 0 Å². The lowest BCUT2D eigenvalue weighted by atomic mass is 9.99. The lowest BCUT2D eigenvalue weighted by Gasteiger charge is -2.23. The Bertz CT molecular complexity index is 106. The second-order valence-electron chi connectivity index (χ2n) is 3.28. The van der Waals surface area contributed by atoms with Gasteiger partial charge in [-0.25, -0.2) is 0 Å². The highest BCUT2D eigenvalue weighted by atomic mass is 127. The number of alkyl halides is 1. The molecule has 0 aliphatic heterocycles. The molecule has 66 valence electrons. The Labute approximate surface area is 83.0 Å². The summed E-state index contributed by atoms with van der Waals surface area (Å²) in [4.78, 5) is 0. The first kappa shape index (κ1) is 9.78. The van der Waals surface area contributed by atoms with Crippen molar-refractivity contribution in [3.8, 4) is 0 Å². The summed E-state index contributed by atoms with van der Waals surface area (Å²) in [5.41, 5.74) is 0. The molecule has 2 atom stereocenters. The van der Waals surface area contributed by atoms with E-state index in [0.29, 0.717) is 6.10 Å². The van der Waals surface area contributed by atoms with Gasteiger partial charge < -0.3 is 4.74 Å². The van der Waals surface area contributed by atoms with Crippen LogP contribution in [0.2, 0.25) is 0 Å². The minimum Gasteiger partial charge on any atom is -0.380 e. The third kappa shape index (κ3) is 3.28. The van der Waals surface area contributed by atoms with E-state index in [4.69, 9.17) is 4.74 Å². The number of rotatable bonds is 1. The summed E-state index contributed by atoms with van der Waals surface area (Å²) in [7, 11) is 1.85. The van der Waals surface area contributed by atoms with Crippen molar-refractivity contribution in [2.24, 2.45) is 0 Å². The van der Waals surface area contributed by atoms with Crippen molar-refractivity contribution >= 4 is 22.6 Å². The Balaban J connectivity index is 2.33. The van der Waals surface area contributed by atoms with E-state index in [-0.39, 0.29) is 0 Å². The summed E-state index contributed by atoms with van der Waals surface area (Å²) in [5, 5.41) is 0. The Hall–Kier alpha value is 0.690. The topological polar surface area (TPSA) is 9.23 Å². The zero-order valence-electron chi connectivity index (χ0n) is 7.18. The van der Waals surface area contributed by atoms with Crippen LogP contribution in [0.4, 0.5) is 0 Å². The van der Waals surface area contributed by atoms with E-state index in [9.17, 15) is 0 Å². The van der Waals surface area contributed by atoms with Crippen molar-refractivity contribution < 1.29 is 4.74 Å². The van der Waals surface area contributed by atoms with Crippen LogP contribution in [0.3, 0.4) is 0 Å². The van der Waals surface area contributed by atoms with Crippen LogP contribution in [-0.4, -0.2) is 17.1 Å². The number of hydrogen-bond acceptors (Lipinski definition) is 1. The zero-order chi connectivity index (χ0) is 8.10. The predicted octanol–water partition coefficient (Wildman–Crippen LogP) is 3.16. The molecule has 0 bridgehead atoms. The molecule has 1 fully saturated rings. The summed E-state index contributed by atoms with van der Waals surface area (Å²) in [6.45, 7) is 0. The Kier molecular flexibility index (Phi) is 4.76. The molecule has 0 unspecified atom stereocenters. The van der Waals surface area contributed by atoms with E-state index < -0.39 is 0 Å². The highest BCUT2D eigenvalue weighted by molar-refractivity contribution is 14.1. The maximum absolute atomic E-state index is 5.43. The maximum atomic E-state index is 5.43. The molecule has 0 saturated heterocycles. The Morgan fingerprint density at radius 2 is 1.73 bits per heavy atom. The van der Waals surface area contributed by atoms with Gasteiger partial charge in [0.25, 0.3) is 0 Å². The van der Waals surface area contributed by atoms with Gasteiger partial charge in [0.2, 0.25) is 0 Å². The molecule has 0 aromatic heterocycles. The number of ether oxygens (including phenoxy) is 1. The quantitative estimate of drug-likeness (QED) is 0.524. The summed E-state index contributed by atoms with van der Waals surface area (Å²) in [6.07, 6.45) is 8.73. The van der Waals surface area contributed by atoms with Gasteiger partial charge in [-0.1, -0.05) is 48.3 Å². The first-order chi connectivity index (χ1) is 5.34. The van der Waals surface area contributed by atoms with Crippen molar-refractivity contribution in [2.75, 3.05) is 7.11 Å². The second kappa shape index (κ2) is 5.36. The van der Waals surface area contributed by atoms with Gasteiger partial charge in [0, 0.05) is 11.0 Å². The molecule has 0 radical (unpaired) electrons. The van der Waals surface area contributed by atoms with E-state index >= 15 is 0 Å². The SMILES string of the molecule is CO[C@H]1CCCCCC[C@@H]1I. The fourth-order valence-electron chi connectivity index (χ4n) is 1.67. The van der Waals surface area contributed by atoms with Crippen molar-refractivity contribution in [3.63, 3.8) is 0 Å². The molecule has 1 aliphatic carbocycles. The van der Waals surface area contributed by atoms with Gasteiger partial charge in [-0.05, 0) is 12.8 Å². The van der Waals surface area contributed by atoms with E-state index in [1.165, 1.54) is 38.5 Å². The molecule has 0 spiro atoms. The molecule has 1 saturated carbocycles. The van der Waals surface area contributed by atoms with Gasteiger partial charge in [0.05, 0.1) is 6.10 Å². The first-order valence-electron chi connectivity index (χ1n) is 4.51. The van der Waals surface area contributed by atoms with Gasteiger partial charge >= 0.3 is 0 Å². The lowest BCUT2D eigenvalue weighted by Crippen LogP contribution is -2.23. The lowest BCUT2D eigenvalue weighted by molar-refractivity contribution is 0.0884. The third-order valence-corrected chi connectivity index (χ3v) is 3.85. The predicted molar refractivity (Wildman–Crippen MR) is 56.3 cm³/mol. The van der Waals surface area contributed by atoms with Crippen LogP contribution >= 0.6 is 22.6 Å². The molecule has 1 nitrogen and oxygen atoms in total. The normalized spacial score (nSPS) is 34.4. The molecule has 1 rings (SSSR count). The number of methoxy groups -OCH3 is 1. The fraction of sp³-hybridized carbons (Fsp3) is 1.00. The van der Waals surface area contributed by atoms with Crippen LogP contribution < -0.4 is 0 Å². The molecule has 2 heteroatoms. The van der Waals surface area contributed by atoms with Crippen LogP contribution in [0.1, 0.15) is 38.5 Å². The smallest absolute Gasteiger partial charge is 0.0688 e. The average Bonchev–Trinajstić information content (AvgIpc) is 1.98. The summed E-state index contributed by atoms with van der Waals surface area (Å²) in [5.74, 6) is 0. The Morgan fingerprint density at radius 3 is 2.36 bits per heavy atom. The van der Waals surface area contributed by atoms with Crippen molar-refractivity contribution in [3.05, 3.63) is 0 Å². The van der Waals surface area contributed by atoms with E-state index in [1.54, 1.807) is 0 Å². The van der Waals surface area contributed by atoms with E-state index in [1.807, 2.05) is 7.11 Å². The molecule has 11 heavy (non-hydrogen) atoms. The Morgan fingerprint density at radius 1 is 1.09 bits per heavy atom. The number of hydrogen-bond donors (Lipinski definition) is 0. The molecule has 0 heterocycles. The summed E-state index contributed by atoms with van der Waals surface area (Å²) >= 11 is 2.54. The maximum Gasteiger partial charge on any atom is 0.0688 e. The van der Waals surface area contributed by atoms with Gasteiger partial charge in [-0.2, -0.15) is 0 Å². The van der Waals surface area contributed by atoms with Gasteiger partial charge in [-0.3, -0.25) is 0 Å². The molecule has 0 aromatic carbocycles. The second-order valence-corrected chi connectivity index (χ2v) is 4.88. The highest BCUT2D eigenvalue weighted by Crippen LogP contribution is 2.24. The summed E-state index contributed by atoms with van der Waals surface area (Å²) in [6, 6.07) is 0. The molecule has 1 aliphatic rings. The van der Waals surface area contributed by atoms with Crippen LogP contribution in [0.5, 0.6) is 0 Å². The standard InChI is InChI=1S/C9H17IO/c1-11-9-7-5-3-2-4-6-8(9)10/h8-9H,2-7H2,1H3/t8-,9-/m0/s1. The minimum atomic E-state index is 0.524.